The van der Waals surface area contributed by atoms with Crippen molar-refractivity contribution in [2.24, 2.45) is 11.8 Å². The van der Waals surface area contributed by atoms with Crippen LogP contribution in [0, 0.1) is 11.8 Å². The quantitative estimate of drug-likeness (QED) is 0.885. The van der Waals surface area contributed by atoms with Gasteiger partial charge >= 0.3 is 0 Å². The molecule has 0 bridgehead atoms. The zero-order valence-corrected chi connectivity index (χ0v) is 13.3. The number of halogens is 1. The summed E-state index contributed by atoms with van der Waals surface area (Å²) < 4.78 is 1.97. The molecule has 1 heterocycles. The minimum absolute atomic E-state index is 0.509. The third-order valence-electron chi connectivity index (χ3n) is 4.55. The van der Waals surface area contributed by atoms with Crippen molar-refractivity contribution in [3.63, 3.8) is 0 Å². The molecule has 3 unspecified atom stereocenters. The van der Waals surface area contributed by atoms with Crippen LogP contribution in [0.5, 0.6) is 0 Å². The molecule has 21 heavy (non-hydrogen) atoms. The third-order valence-corrected chi connectivity index (χ3v) is 4.85. The van der Waals surface area contributed by atoms with Crippen molar-refractivity contribution >= 4 is 17.3 Å². The Bertz CT molecular complexity index is 594. The Balaban J connectivity index is 1.90. The number of aromatic nitrogens is 2. The van der Waals surface area contributed by atoms with Gasteiger partial charge in [0.15, 0.2) is 0 Å². The number of hydrogen-bond donors (Lipinski definition) is 1. The first-order valence-corrected chi connectivity index (χ1v) is 8.06. The van der Waals surface area contributed by atoms with Crippen molar-refractivity contribution < 1.29 is 0 Å². The molecule has 1 aliphatic rings. The summed E-state index contributed by atoms with van der Waals surface area (Å²) in [4.78, 5) is 4.13. The fourth-order valence-electron chi connectivity index (χ4n) is 3.22. The van der Waals surface area contributed by atoms with Gasteiger partial charge in [-0.05, 0) is 36.8 Å². The molecule has 1 fully saturated rings. The first-order valence-electron chi connectivity index (χ1n) is 7.68. The van der Waals surface area contributed by atoms with Crippen LogP contribution in [0.3, 0.4) is 0 Å². The summed E-state index contributed by atoms with van der Waals surface area (Å²) >= 11 is 6.41. The summed E-state index contributed by atoms with van der Waals surface area (Å²) in [6.07, 6.45) is 9.34. The fraction of sp³-hybridized carbons (Fsp3) is 0.471. The van der Waals surface area contributed by atoms with Crippen LogP contribution in [-0.2, 0) is 0 Å². The fourth-order valence-corrected chi connectivity index (χ4v) is 3.49. The topological polar surface area (TPSA) is 29.9 Å². The van der Waals surface area contributed by atoms with E-state index in [9.17, 15) is 0 Å². The summed E-state index contributed by atoms with van der Waals surface area (Å²) in [7, 11) is 0. The second kappa shape index (κ2) is 6.10. The van der Waals surface area contributed by atoms with Gasteiger partial charge < -0.3 is 9.88 Å². The number of hydrogen-bond acceptors (Lipinski definition) is 2. The average molecular weight is 304 g/mol. The SMILES string of the molecule is CC1CCC(C)C(Nc2cccc(Cl)c2-n2ccnc2)C1. The molecule has 2 aromatic rings. The lowest BCUT2D eigenvalue weighted by Crippen LogP contribution is -2.33. The first kappa shape index (κ1) is 14.5. The summed E-state index contributed by atoms with van der Waals surface area (Å²) in [5, 5.41) is 4.47. The summed E-state index contributed by atoms with van der Waals surface area (Å²) in [6.45, 7) is 4.68. The highest BCUT2D eigenvalue weighted by Gasteiger charge is 2.26. The summed E-state index contributed by atoms with van der Waals surface area (Å²) in [5.41, 5.74) is 2.08. The molecule has 0 saturated heterocycles. The largest absolute Gasteiger partial charge is 0.380 e. The molecule has 0 amide bonds. The Morgan fingerprint density at radius 2 is 2.14 bits per heavy atom. The Labute approximate surface area is 131 Å². The normalized spacial score (nSPS) is 25.8. The number of para-hydroxylation sites is 1. The van der Waals surface area contributed by atoms with Crippen LogP contribution in [0.25, 0.3) is 5.69 Å². The van der Waals surface area contributed by atoms with Gasteiger partial charge in [-0.15, -0.1) is 0 Å². The number of benzene rings is 1. The lowest BCUT2D eigenvalue weighted by molar-refractivity contribution is 0.280. The molecular formula is C17H22ClN3. The van der Waals surface area contributed by atoms with Crippen LogP contribution in [0.4, 0.5) is 5.69 Å². The monoisotopic (exact) mass is 303 g/mol. The standard InChI is InChI=1S/C17H22ClN3/c1-12-6-7-13(2)16(10-12)20-15-5-3-4-14(18)17(15)21-9-8-19-11-21/h3-5,8-9,11-13,16,20H,6-7,10H2,1-2H3. The molecule has 3 atom stereocenters. The van der Waals surface area contributed by atoms with Gasteiger partial charge in [0.2, 0.25) is 0 Å². The zero-order valence-electron chi connectivity index (χ0n) is 12.6. The first-order chi connectivity index (χ1) is 10.1. The molecule has 1 aromatic carbocycles. The second-order valence-electron chi connectivity index (χ2n) is 6.25. The summed E-state index contributed by atoms with van der Waals surface area (Å²) in [5.74, 6) is 1.48. The van der Waals surface area contributed by atoms with Gasteiger partial charge in [-0.1, -0.05) is 37.9 Å². The van der Waals surface area contributed by atoms with E-state index in [0.717, 1.165) is 22.3 Å². The van der Waals surface area contributed by atoms with E-state index in [0.29, 0.717) is 12.0 Å². The van der Waals surface area contributed by atoms with E-state index in [4.69, 9.17) is 11.6 Å². The molecule has 3 nitrogen and oxygen atoms in total. The van der Waals surface area contributed by atoms with Gasteiger partial charge in [0.25, 0.3) is 0 Å². The molecule has 1 saturated carbocycles. The second-order valence-corrected chi connectivity index (χ2v) is 6.66. The lowest BCUT2D eigenvalue weighted by atomic mass is 9.80. The maximum Gasteiger partial charge on any atom is 0.0992 e. The van der Waals surface area contributed by atoms with Crippen molar-refractivity contribution in [3.8, 4) is 5.69 Å². The molecule has 1 aliphatic carbocycles. The molecule has 1 N–H and O–H groups in total. The van der Waals surface area contributed by atoms with E-state index < -0.39 is 0 Å². The minimum Gasteiger partial charge on any atom is -0.380 e. The number of nitrogens with zero attached hydrogens (tertiary/aromatic N) is 2. The highest BCUT2D eigenvalue weighted by molar-refractivity contribution is 6.33. The zero-order chi connectivity index (χ0) is 14.8. The van der Waals surface area contributed by atoms with Crippen LogP contribution in [-0.4, -0.2) is 15.6 Å². The van der Waals surface area contributed by atoms with Crippen LogP contribution in [0.1, 0.15) is 33.1 Å². The molecule has 0 spiro atoms. The van der Waals surface area contributed by atoms with Crippen molar-refractivity contribution in [1.29, 1.82) is 0 Å². The van der Waals surface area contributed by atoms with Gasteiger partial charge in [-0.2, -0.15) is 0 Å². The van der Waals surface area contributed by atoms with E-state index in [1.54, 1.807) is 12.5 Å². The lowest BCUT2D eigenvalue weighted by Gasteiger charge is -2.34. The Morgan fingerprint density at radius 1 is 1.29 bits per heavy atom. The maximum atomic E-state index is 6.41. The maximum absolute atomic E-state index is 6.41. The van der Waals surface area contributed by atoms with Crippen molar-refractivity contribution in [2.45, 2.75) is 39.2 Å². The predicted octanol–water partition coefficient (Wildman–Crippen LogP) is 4.76. The van der Waals surface area contributed by atoms with Gasteiger partial charge in [-0.3, -0.25) is 0 Å². The van der Waals surface area contributed by atoms with Crippen LogP contribution >= 0.6 is 11.6 Å². The van der Waals surface area contributed by atoms with Gasteiger partial charge in [-0.25, -0.2) is 4.98 Å². The van der Waals surface area contributed by atoms with E-state index >= 15 is 0 Å². The van der Waals surface area contributed by atoms with Gasteiger partial charge in [0.05, 0.1) is 22.7 Å². The Kier molecular flexibility index (Phi) is 4.20. The number of nitrogens with one attached hydrogen (secondary N) is 1. The smallest absolute Gasteiger partial charge is 0.0992 e. The predicted molar refractivity (Wildman–Crippen MR) is 88.2 cm³/mol. The molecule has 4 heteroatoms. The van der Waals surface area contributed by atoms with Crippen LogP contribution in [0.15, 0.2) is 36.9 Å². The van der Waals surface area contributed by atoms with E-state index in [-0.39, 0.29) is 0 Å². The Morgan fingerprint density at radius 3 is 2.90 bits per heavy atom. The minimum atomic E-state index is 0.509. The molecule has 0 aliphatic heterocycles. The highest BCUT2D eigenvalue weighted by atomic mass is 35.5. The van der Waals surface area contributed by atoms with Crippen LogP contribution < -0.4 is 5.32 Å². The van der Waals surface area contributed by atoms with Crippen LogP contribution in [0.2, 0.25) is 5.02 Å². The third kappa shape index (κ3) is 3.08. The van der Waals surface area contributed by atoms with E-state index in [1.165, 1.54) is 19.3 Å². The van der Waals surface area contributed by atoms with Crippen molar-refractivity contribution in [2.75, 3.05) is 5.32 Å². The average Bonchev–Trinajstić information content (AvgIpc) is 2.97. The molecule has 1 aromatic heterocycles. The van der Waals surface area contributed by atoms with E-state index in [2.05, 4.69) is 30.2 Å². The van der Waals surface area contributed by atoms with E-state index in [1.807, 2.05) is 22.9 Å². The Hall–Kier alpha value is -1.48. The summed E-state index contributed by atoms with van der Waals surface area (Å²) in [6, 6.07) is 6.54. The molecule has 0 radical (unpaired) electrons. The van der Waals surface area contributed by atoms with Gasteiger partial charge in [0, 0.05) is 18.4 Å². The molecule has 3 rings (SSSR count). The number of anilines is 1. The van der Waals surface area contributed by atoms with Gasteiger partial charge in [0.1, 0.15) is 0 Å². The van der Waals surface area contributed by atoms with Crippen molar-refractivity contribution in [3.05, 3.63) is 41.9 Å². The number of rotatable bonds is 3. The van der Waals surface area contributed by atoms with Crippen molar-refractivity contribution in [1.82, 2.24) is 9.55 Å². The highest BCUT2D eigenvalue weighted by Crippen LogP contribution is 2.34. The molecular weight excluding hydrogens is 282 g/mol. The molecule has 112 valence electrons. The number of imidazole rings is 1.